The van der Waals surface area contributed by atoms with Gasteiger partial charge < -0.3 is 0 Å². The third-order valence-corrected chi connectivity index (χ3v) is 0.656. The molecule has 1 aromatic rings. The van der Waals surface area contributed by atoms with E-state index in [1.165, 1.54) is 0 Å². The van der Waals surface area contributed by atoms with Gasteiger partial charge in [-0.05, 0) is 0 Å². The van der Waals surface area contributed by atoms with Crippen molar-refractivity contribution in [2.75, 3.05) is 0 Å². The maximum Gasteiger partial charge on any atom is 0.243 e. The van der Waals surface area contributed by atoms with Gasteiger partial charge in [-0.25, -0.2) is 18.6 Å². The fraction of sp³-hybridized carbons (Fsp3) is 0.667. The number of hydrogen-bond acceptors (Lipinski definition) is 6. The van der Waals surface area contributed by atoms with Crippen molar-refractivity contribution >= 4 is 0 Å². The minimum absolute atomic E-state index is 1.64. The summed E-state index contributed by atoms with van der Waals surface area (Å²) in [6, 6.07) is 0. The van der Waals surface area contributed by atoms with E-state index in [0.717, 1.165) is 0 Å². The molecule has 0 unspecified atom stereocenters. The minimum atomic E-state index is -4.94. The zero-order valence-electron chi connectivity index (χ0n) is 6.38. The van der Waals surface area contributed by atoms with Gasteiger partial charge in [-0.2, -0.15) is 0 Å². The van der Waals surface area contributed by atoms with Crippen molar-refractivity contribution < 1.29 is 33.6 Å². The summed E-state index contributed by atoms with van der Waals surface area (Å²) in [5.41, 5.74) is 0. The molecule has 0 fully saturated rings. The zero-order valence-corrected chi connectivity index (χ0v) is 7.13. The van der Waals surface area contributed by atoms with Crippen LogP contribution in [0.1, 0.15) is 0 Å². The highest BCUT2D eigenvalue weighted by atomic mass is 35.7. The van der Waals surface area contributed by atoms with Crippen LogP contribution < -0.4 is 23.3 Å². The first kappa shape index (κ1) is 11.2. The summed E-state index contributed by atoms with van der Waals surface area (Å²) in [4.78, 5) is 0. The highest BCUT2D eigenvalue weighted by molar-refractivity contribution is 4.23. The fourth-order valence-corrected chi connectivity index (χ4v) is 0.414. The largest absolute Gasteiger partial charge is 0.243 e. The molecule has 0 saturated carbocycles. The Morgan fingerprint density at radius 3 is 1.83 bits per heavy atom. The molecule has 12 heavy (non-hydrogen) atoms. The summed E-state index contributed by atoms with van der Waals surface area (Å²) >= 11 is 0. The SMILES string of the molecule is Cn1c[n+](C)nn1.[O-][Cl+3]([O-])([O-])[O-]. The monoisotopic (exact) mass is 198 g/mol. The molecule has 0 N–H and O–H groups in total. The molecule has 1 rings (SSSR count). The van der Waals surface area contributed by atoms with Gasteiger partial charge in [-0.15, -0.1) is 14.9 Å². The number of rotatable bonds is 0. The summed E-state index contributed by atoms with van der Waals surface area (Å²) in [5, 5.41) is 7.29. The lowest BCUT2D eigenvalue weighted by Crippen LogP contribution is -2.68. The molecule has 0 atom stereocenters. The molecule has 0 aromatic carbocycles. The lowest BCUT2D eigenvalue weighted by molar-refractivity contribution is -2.00. The molecule has 0 saturated heterocycles. The molecule has 1 heterocycles. The Morgan fingerprint density at radius 2 is 1.75 bits per heavy atom. The van der Waals surface area contributed by atoms with Gasteiger partial charge in [-0.3, -0.25) is 0 Å². The molecule has 0 spiro atoms. The van der Waals surface area contributed by atoms with Gasteiger partial charge in [0.25, 0.3) is 0 Å². The fourth-order valence-electron chi connectivity index (χ4n) is 0.414. The van der Waals surface area contributed by atoms with E-state index in [2.05, 4.69) is 10.4 Å². The average Bonchev–Trinajstić information content (AvgIpc) is 2.09. The number of halogens is 1. The van der Waals surface area contributed by atoms with Crippen LogP contribution >= 0.6 is 0 Å². The highest BCUT2D eigenvalue weighted by Gasteiger charge is 1.92. The van der Waals surface area contributed by atoms with Gasteiger partial charge in [0.1, 0.15) is 5.21 Å². The Morgan fingerprint density at radius 1 is 1.33 bits per heavy atom. The number of aryl methyl sites for hydroxylation is 2. The Kier molecular flexibility index (Phi) is 4.00. The van der Waals surface area contributed by atoms with Crippen molar-refractivity contribution in [2.45, 2.75) is 0 Å². The molecule has 1 aromatic heterocycles. The molecule has 70 valence electrons. The average molecular weight is 199 g/mol. The molecule has 0 aliphatic heterocycles. The van der Waals surface area contributed by atoms with E-state index < -0.39 is 10.2 Å². The van der Waals surface area contributed by atoms with Crippen molar-refractivity contribution in [2.24, 2.45) is 14.1 Å². The lowest BCUT2D eigenvalue weighted by Gasteiger charge is -2.17. The molecule has 9 heteroatoms. The first-order valence-electron chi connectivity index (χ1n) is 2.63. The molecular formula is C3H7ClN4O4. The van der Waals surface area contributed by atoms with E-state index >= 15 is 0 Å². The third kappa shape index (κ3) is 9.20. The van der Waals surface area contributed by atoms with Crippen LogP contribution in [0.4, 0.5) is 0 Å². The Balaban J connectivity index is 0.000000217. The topological polar surface area (TPSA) is 127 Å². The van der Waals surface area contributed by atoms with Gasteiger partial charge in [0, 0.05) is 0 Å². The van der Waals surface area contributed by atoms with Crippen LogP contribution in [-0.4, -0.2) is 15.1 Å². The van der Waals surface area contributed by atoms with E-state index in [4.69, 9.17) is 18.6 Å². The molecular weight excluding hydrogens is 192 g/mol. The molecule has 8 nitrogen and oxygen atoms in total. The van der Waals surface area contributed by atoms with Crippen LogP contribution in [0.3, 0.4) is 0 Å². The normalized spacial score (nSPS) is 10.5. The maximum atomic E-state index is 8.49. The summed E-state index contributed by atoms with van der Waals surface area (Å²) in [6.45, 7) is 0. The quantitative estimate of drug-likeness (QED) is 0.382. The molecule has 0 aliphatic rings. The van der Waals surface area contributed by atoms with Crippen LogP contribution in [0.25, 0.3) is 0 Å². The summed E-state index contributed by atoms with van der Waals surface area (Å²) in [7, 11) is -1.29. The third-order valence-electron chi connectivity index (χ3n) is 0.656. The first-order chi connectivity index (χ1) is 5.29. The van der Waals surface area contributed by atoms with E-state index in [0.29, 0.717) is 0 Å². The standard InChI is InChI=1S/C3H7N4.ClHO4/c1-6-3-7(2)5-4-6;2-1(3,4)5/h3H,1-2H3;(H,2,3,4,5)/q+1;/p-1. The highest BCUT2D eigenvalue weighted by Crippen LogP contribution is 1.56. The van der Waals surface area contributed by atoms with Crippen molar-refractivity contribution in [3.05, 3.63) is 6.33 Å². The Labute approximate surface area is 70.0 Å². The molecule has 0 aliphatic carbocycles. The molecule has 0 radical (unpaired) electrons. The minimum Gasteiger partial charge on any atom is -0.222 e. The molecule has 0 amide bonds. The number of tetrazole rings is 1. The second kappa shape index (κ2) is 4.28. The van der Waals surface area contributed by atoms with Crippen molar-refractivity contribution in [1.29, 1.82) is 0 Å². The molecule has 0 bridgehead atoms. The van der Waals surface area contributed by atoms with Crippen LogP contribution in [-0.2, 0) is 14.1 Å². The van der Waals surface area contributed by atoms with Crippen molar-refractivity contribution in [3.63, 3.8) is 0 Å². The number of nitrogens with zero attached hydrogens (tertiary/aromatic N) is 4. The Hall–Kier alpha value is -0.800. The van der Waals surface area contributed by atoms with E-state index in [1.54, 1.807) is 15.7 Å². The van der Waals surface area contributed by atoms with Gasteiger partial charge in [0.2, 0.25) is 6.33 Å². The lowest BCUT2D eigenvalue weighted by atomic mass is 11.1. The summed E-state index contributed by atoms with van der Waals surface area (Å²) in [5.74, 6) is 0. The predicted molar refractivity (Wildman–Crippen MR) is 22.2 cm³/mol. The van der Waals surface area contributed by atoms with Gasteiger partial charge >= 0.3 is 0 Å². The first-order valence-corrected chi connectivity index (χ1v) is 3.86. The van der Waals surface area contributed by atoms with Crippen molar-refractivity contribution in [1.82, 2.24) is 15.1 Å². The zero-order chi connectivity index (χ0) is 9.78. The van der Waals surface area contributed by atoms with E-state index in [1.807, 2.05) is 14.1 Å². The summed E-state index contributed by atoms with van der Waals surface area (Å²) in [6.07, 6.45) is 1.78. The maximum absolute atomic E-state index is 8.49. The van der Waals surface area contributed by atoms with Gasteiger partial charge in [0.05, 0.1) is 14.1 Å². The number of aromatic nitrogens is 4. The van der Waals surface area contributed by atoms with Gasteiger partial charge in [-0.1, -0.05) is 4.68 Å². The smallest absolute Gasteiger partial charge is 0.222 e. The van der Waals surface area contributed by atoms with E-state index in [9.17, 15) is 0 Å². The van der Waals surface area contributed by atoms with Crippen LogP contribution in [0.2, 0.25) is 0 Å². The van der Waals surface area contributed by atoms with E-state index in [-0.39, 0.29) is 0 Å². The Bertz CT molecular complexity index is 210. The predicted octanol–water partition coefficient (Wildman–Crippen LogP) is -6.12. The van der Waals surface area contributed by atoms with Crippen LogP contribution in [0.5, 0.6) is 0 Å². The second-order valence-corrected chi connectivity index (χ2v) is 2.58. The van der Waals surface area contributed by atoms with Crippen LogP contribution in [0, 0.1) is 10.2 Å². The summed E-state index contributed by atoms with van der Waals surface area (Å²) < 4.78 is 37.2. The number of hydrogen-bond donors (Lipinski definition) is 0. The van der Waals surface area contributed by atoms with Crippen LogP contribution in [0.15, 0.2) is 6.33 Å². The second-order valence-electron chi connectivity index (χ2n) is 1.82. The van der Waals surface area contributed by atoms with Crippen molar-refractivity contribution in [3.8, 4) is 0 Å². The van der Waals surface area contributed by atoms with Gasteiger partial charge in [0.15, 0.2) is 5.21 Å².